The maximum Gasteiger partial charge on any atom is 0.416 e. The van der Waals surface area contributed by atoms with Crippen LogP contribution in [-0.4, -0.2) is 4.98 Å². The van der Waals surface area contributed by atoms with E-state index in [2.05, 4.69) is 4.98 Å². The first-order valence-electron chi connectivity index (χ1n) is 6.28. The molecule has 0 amide bonds. The number of alkyl halides is 3. The van der Waals surface area contributed by atoms with Crippen molar-refractivity contribution in [1.29, 1.82) is 0 Å². The van der Waals surface area contributed by atoms with Gasteiger partial charge in [0.15, 0.2) is 0 Å². The molecule has 0 atom stereocenters. The Morgan fingerprint density at radius 2 is 1.85 bits per heavy atom. The molecule has 1 nitrogen and oxygen atoms in total. The third-order valence-corrected chi connectivity index (χ3v) is 3.77. The molecule has 5 heteroatoms. The van der Waals surface area contributed by atoms with Crippen LogP contribution in [0.1, 0.15) is 29.9 Å². The van der Waals surface area contributed by atoms with Gasteiger partial charge in [-0.25, -0.2) is 0 Å². The number of rotatable bonds is 2. The monoisotopic (exact) mass is 297 g/mol. The van der Waals surface area contributed by atoms with Gasteiger partial charge in [0.1, 0.15) is 0 Å². The zero-order valence-corrected chi connectivity index (χ0v) is 11.2. The van der Waals surface area contributed by atoms with Gasteiger partial charge >= 0.3 is 6.18 Å². The molecule has 0 spiro atoms. The van der Waals surface area contributed by atoms with E-state index in [4.69, 9.17) is 11.6 Å². The van der Waals surface area contributed by atoms with Gasteiger partial charge in [0.2, 0.25) is 0 Å². The number of hydrogen-bond acceptors (Lipinski definition) is 1. The van der Waals surface area contributed by atoms with Crippen LogP contribution in [0.25, 0.3) is 11.1 Å². The molecule has 0 unspecified atom stereocenters. The predicted octanol–water partition coefficient (Wildman–Crippen LogP) is 5.30. The predicted molar refractivity (Wildman–Crippen MR) is 71.7 cm³/mol. The maximum absolute atomic E-state index is 12.7. The summed E-state index contributed by atoms with van der Waals surface area (Å²) in [4.78, 5) is 4.10. The van der Waals surface area contributed by atoms with Gasteiger partial charge in [-0.2, -0.15) is 13.2 Å². The number of pyridine rings is 1. The molecule has 0 radical (unpaired) electrons. The Morgan fingerprint density at radius 1 is 1.10 bits per heavy atom. The first kappa shape index (κ1) is 13.4. The largest absolute Gasteiger partial charge is 0.416 e. The molecule has 1 saturated carbocycles. The van der Waals surface area contributed by atoms with E-state index in [0.29, 0.717) is 11.5 Å². The molecule has 1 fully saturated rings. The fourth-order valence-electron chi connectivity index (χ4n) is 2.28. The SMILES string of the molecule is FC(F)(F)c1ccc(-c2ccncc2C2CC2)c(Cl)c1. The summed E-state index contributed by atoms with van der Waals surface area (Å²) in [5.41, 5.74) is 1.84. The number of aromatic nitrogens is 1. The first-order valence-corrected chi connectivity index (χ1v) is 6.65. The van der Waals surface area contributed by atoms with E-state index >= 15 is 0 Å². The Labute approximate surface area is 119 Å². The number of halogens is 4. The highest BCUT2D eigenvalue weighted by Gasteiger charge is 2.32. The highest BCUT2D eigenvalue weighted by molar-refractivity contribution is 6.33. The van der Waals surface area contributed by atoms with Crippen LogP contribution in [0.3, 0.4) is 0 Å². The van der Waals surface area contributed by atoms with Crippen LogP contribution in [0.15, 0.2) is 36.7 Å². The van der Waals surface area contributed by atoms with Gasteiger partial charge in [-0.15, -0.1) is 0 Å². The van der Waals surface area contributed by atoms with E-state index in [9.17, 15) is 13.2 Å². The van der Waals surface area contributed by atoms with Crippen molar-refractivity contribution in [1.82, 2.24) is 4.98 Å². The summed E-state index contributed by atoms with van der Waals surface area (Å²) >= 11 is 6.05. The van der Waals surface area contributed by atoms with Crippen molar-refractivity contribution in [2.45, 2.75) is 24.9 Å². The molecule has 0 saturated heterocycles. The molecule has 0 aliphatic heterocycles. The standard InChI is InChI=1S/C15H11ClF3N/c16-14-7-10(15(17,18)19)3-4-12(14)11-5-6-20-8-13(11)9-1-2-9/h3-9H,1-2H2. The average molecular weight is 298 g/mol. The van der Waals surface area contributed by atoms with E-state index in [1.165, 1.54) is 6.07 Å². The topological polar surface area (TPSA) is 12.9 Å². The lowest BCUT2D eigenvalue weighted by Gasteiger charge is -2.12. The van der Waals surface area contributed by atoms with Crippen molar-refractivity contribution in [3.05, 3.63) is 52.8 Å². The molecule has 0 N–H and O–H groups in total. The second kappa shape index (κ2) is 4.77. The van der Waals surface area contributed by atoms with E-state index in [1.54, 1.807) is 12.4 Å². The highest BCUT2D eigenvalue weighted by Crippen LogP contribution is 2.45. The van der Waals surface area contributed by atoms with Crippen molar-refractivity contribution in [3.8, 4) is 11.1 Å². The lowest BCUT2D eigenvalue weighted by molar-refractivity contribution is -0.137. The van der Waals surface area contributed by atoms with Crippen LogP contribution in [0.2, 0.25) is 5.02 Å². The summed E-state index contributed by atoms with van der Waals surface area (Å²) in [6, 6.07) is 5.29. The van der Waals surface area contributed by atoms with Crippen LogP contribution >= 0.6 is 11.6 Å². The van der Waals surface area contributed by atoms with Gasteiger partial charge in [0, 0.05) is 23.0 Å². The van der Waals surface area contributed by atoms with Gasteiger partial charge in [-0.05, 0) is 48.1 Å². The van der Waals surface area contributed by atoms with Gasteiger partial charge in [0.25, 0.3) is 0 Å². The molecule has 104 valence electrons. The molecule has 0 bridgehead atoms. The minimum Gasteiger partial charge on any atom is -0.264 e. The molecule has 1 aromatic heterocycles. The van der Waals surface area contributed by atoms with Gasteiger partial charge in [0.05, 0.1) is 5.56 Å². The van der Waals surface area contributed by atoms with Crippen LogP contribution in [0.5, 0.6) is 0 Å². The molecular formula is C15H11ClF3N. The third kappa shape index (κ3) is 2.52. The zero-order chi connectivity index (χ0) is 14.3. The van der Waals surface area contributed by atoms with E-state index in [1.807, 2.05) is 6.07 Å². The van der Waals surface area contributed by atoms with Crippen LogP contribution in [-0.2, 0) is 6.18 Å². The van der Waals surface area contributed by atoms with Crippen LogP contribution in [0.4, 0.5) is 13.2 Å². The number of benzene rings is 1. The molecule has 20 heavy (non-hydrogen) atoms. The molecule has 1 aromatic carbocycles. The summed E-state index contributed by atoms with van der Waals surface area (Å²) in [6.45, 7) is 0. The Balaban J connectivity index is 2.07. The summed E-state index contributed by atoms with van der Waals surface area (Å²) in [6.07, 6.45) is 1.23. The fraction of sp³-hybridized carbons (Fsp3) is 0.267. The maximum atomic E-state index is 12.7. The van der Waals surface area contributed by atoms with Crippen molar-refractivity contribution < 1.29 is 13.2 Å². The van der Waals surface area contributed by atoms with Crippen molar-refractivity contribution in [2.24, 2.45) is 0 Å². The molecule has 3 rings (SSSR count). The summed E-state index contributed by atoms with van der Waals surface area (Å²) in [5, 5.41) is 0.118. The summed E-state index contributed by atoms with van der Waals surface area (Å²) < 4.78 is 38.0. The molecule has 2 aromatic rings. The molecule has 1 heterocycles. The lowest BCUT2D eigenvalue weighted by atomic mass is 9.98. The third-order valence-electron chi connectivity index (χ3n) is 3.46. The zero-order valence-electron chi connectivity index (χ0n) is 10.4. The lowest BCUT2D eigenvalue weighted by Crippen LogP contribution is -2.04. The van der Waals surface area contributed by atoms with Gasteiger partial charge in [-0.3, -0.25) is 4.98 Å². The van der Waals surface area contributed by atoms with Crippen LogP contribution < -0.4 is 0 Å². The molecule has 1 aliphatic carbocycles. The van der Waals surface area contributed by atoms with E-state index in [-0.39, 0.29) is 5.02 Å². The molecular weight excluding hydrogens is 287 g/mol. The average Bonchev–Trinajstić information content (AvgIpc) is 3.22. The quantitative estimate of drug-likeness (QED) is 0.733. The van der Waals surface area contributed by atoms with E-state index in [0.717, 1.165) is 36.1 Å². The Hall–Kier alpha value is -1.55. The second-order valence-corrected chi connectivity index (χ2v) is 5.34. The Kier molecular flexibility index (Phi) is 3.21. The minimum absolute atomic E-state index is 0.118. The smallest absolute Gasteiger partial charge is 0.264 e. The highest BCUT2D eigenvalue weighted by atomic mass is 35.5. The summed E-state index contributed by atoms with van der Waals surface area (Å²) in [5.74, 6) is 0.456. The Morgan fingerprint density at radius 3 is 2.45 bits per heavy atom. The van der Waals surface area contributed by atoms with Gasteiger partial charge < -0.3 is 0 Å². The summed E-state index contributed by atoms with van der Waals surface area (Å²) in [7, 11) is 0. The normalized spacial score (nSPS) is 15.4. The minimum atomic E-state index is -4.38. The molecule has 1 aliphatic rings. The van der Waals surface area contributed by atoms with Crippen LogP contribution in [0, 0.1) is 0 Å². The van der Waals surface area contributed by atoms with Crippen molar-refractivity contribution in [2.75, 3.05) is 0 Å². The van der Waals surface area contributed by atoms with Crippen molar-refractivity contribution in [3.63, 3.8) is 0 Å². The number of nitrogens with zero attached hydrogens (tertiary/aromatic N) is 1. The number of hydrogen-bond donors (Lipinski definition) is 0. The van der Waals surface area contributed by atoms with Crippen molar-refractivity contribution >= 4 is 11.6 Å². The first-order chi connectivity index (χ1) is 9.47. The Bertz CT molecular complexity index is 648. The second-order valence-electron chi connectivity index (χ2n) is 4.93. The van der Waals surface area contributed by atoms with Gasteiger partial charge in [-0.1, -0.05) is 17.7 Å². The van der Waals surface area contributed by atoms with E-state index < -0.39 is 11.7 Å². The fourth-order valence-corrected chi connectivity index (χ4v) is 2.56.